The molecule has 0 fully saturated rings. The van der Waals surface area contributed by atoms with Crippen LogP contribution < -0.4 is 10.9 Å². The minimum atomic E-state index is -0.230. The van der Waals surface area contributed by atoms with Crippen LogP contribution >= 0.6 is 27.7 Å². The standard InChI is InChI=1S/C13H22BrN3O2S/c1-4-13(5-2,20-3)9-15-10-8-16-17(6-7-18)12(19)11(10)14/h8,15,18H,4-7,9H2,1-3H3. The van der Waals surface area contributed by atoms with Crippen LogP contribution in [0.5, 0.6) is 0 Å². The summed E-state index contributed by atoms with van der Waals surface area (Å²) in [5.74, 6) is 0. The molecular weight excluding hydrogens is 342 g/mol. The zero-order chi connectivity index (χ0) is 15.2. The molecule has 0 aromatic carbocycles. The van der Waals surface area contributed by atoms with E-state index < -0.39 is 0 Å². The summed E-state index contributed by atoms with van der Waals surface area (Å²) in [4.78, 5) is 12.0. The second kappa shape index (κ2) is 8.05. The van der Waals surface area contributed by atoms with Crippen LogP contribution in [0.25, 0.3) is 0 Å². The lowest BCUT2D eigenvalue weighted by molar-refractivity contribution is 0.266. The Morgan fingerprint density at radius 2 is 2.15 bits per heavy atom. The molecule has 1 aromatic rings. The molecule has 0 saturated heterocycles. The van der Waals surface area contributed by atoms with Crippen molar-refractivity contribution in [1.82, 2.24) is 9.78 Å². The number of hydrogen-bond donors (Lipinski definition) is 2. The fraction of sp³-hybridized carbons (Fsp3) is 0.692. The van der Waals surface area contributed by atoms with Crippen LogP contribution in [0.2, 0.25) is 0 Å². The number of aliphatic hydroxyl groups is 1. The highest BCUT2D eigenvalue weighted by atomic mass is 79.9. The van der Waals surface area contributed by atoms with Gasteiger partial charge in [-0.3, -0.25) is 4.79 Å². The zero-order valence-electron chi connectivity index (χ0n) is 12.1. The molecule has 7 heteroatoms. The maximum absolute atomic E-state index is 12.0. The van der Waals surface area contributed by atoms with Gasteiger partial charge in [0.1, 0.15) is 4.47 Å². The molecule has 5 nitrogen and oxygen atoms in total. The number of nitrogens with zero attached hydrogens (tertiary/aromatic N) is 2. The normalized spacial score (nSPS) is 11.7. The van der Waals surface area contributed by atoms with Crippen molar-refractivity contribution in [3.63, 3.8) is 0 Å². The van der Waals surface area contributed by atoms with E-state index in [-0.39, 0.29) is 23.5 Å². The third-order valence-electron chi connectivity index (χ3n) is 3.62. The van der Waals surface area contributed by atoms with Gasteiger partial charge in [-0.05, 0) is 35.0 Å². The summed E-state index contributed by atoms with van der Waals surface area (Å²) < 4.78 is 1.87. The summed E-state index contributed by atoms with van der Waals surface area (Å²) >= 11 is 5.15. The van der Waals surface area contributed by atoms with E-state index in [0.29, 0.717) is 10.2 Å². The van der Waals surface area contributed by atoms with Crippen LogP contribution in [0.3, 0.4) is 0 Å². The highest BCUT2D eigenvalue weighted by molar-refractivity contribution is 9.10. The monoisotopic (exact) mass is 363 g/mol. The van der Waals surface area contributed by atoms with Gasteiger partial charge in [0.05, 0.1) is 25.0 Å². The number of thioether (sulfide) groups is 1. The lowest BCUT2D eigenvalue weighted by atomic mass is 10.0. The molecular formula is C13H22BrN3O2S. The Balaban J connectivity index is 2.89. The molecule has 0 unspecified atom stereocenters. The van der Waals surface area contributed by atoms with E-state index in [0.717, 1.165) is 19.4 Å². The van der Waals surface area contributed by atoms with Crippen LogP contribution in [0.1, 0.15) is 26.7 Å². The first-order valence-electron chi connectivity index (χ1n) is 6.69. The molecule has 0 spiro atoms. The Morgan fingerprint density at radius 3 is 2.65 bits per heavy atom. The van der Waals surface area contributed by atoms with Gasteiger partial charge < -0.3 is 10.4 Å². The van der Waals surface area contributed by atoms with Gasteiger partial charge in [0.2, 0.25) is 0 Å². The maximum atomic E-state index is 12.0. The van der Waals surface area contributed by atoms with Crippen molar-refractivity contribution >= 4 is 33.4 Å². The molecule has 1 heterocycles. The molecule has 0 atom stereocenters. The quantitative estimate of drug-likeness (QED) is 0.741. The van der Waals surface area contributed by atoms with Gasteiger partial charge in [-0.25, -0.2) is 4.68 Å². The van der Waals surface area contributed by atoms with Gasteiger partial charge in [0, 0.05) is 11.3 Å². The maximum Gasteiger partial charge on any atom is 0.283 e. The van der Waals surface area contributed by atoms with Crippen molar-refractivity contribution in [2.75, 3.05) is 24.7 Å². The summed E-state index contributed by atoms with van der Waals surface area (Å²) in [6.07, 6.45) is 5.85. The van der Waals surface area contributed by atoms with Crippen molar-refractivity contribution < 1.29 is 5.11 Å². The number of nitrogens with one attached hydrogen (secondary N) is 1. The Bertz CT molecular complexity index is 481. The molecule has 20 heavy (non-hydrogen) atoms. The summed E-state index contributed by atoms with van der Waals surface area (Å²) in [5, 5.41) is 16.2. The van der Waals surface area contributed by atoms with E-state index >= 15 is 0 Å². The number of aromatic nitrogens is 2. The van der Waals surface area contributed by atoms with Gasteiger partial charge in [-0.2, -0.15) is 16.9 Å². The topological polar surface area (TPSA) is 67.2 Å². The number of rotatable bonds is 8. The molecule has 0 aliphatic heterocycles. The number of anilines is 1. The number of hydrogen-bond acceptors (Lipinski definition) is 5. The number of halogens is 1. The highest BCUT2D eigenvalue weighted by Crippen LogP contribution is 2.31. The molecule has 0 radical (unpaired) electrons. The van der Waals surface area contributed by atoms with E-state index in [4.69, 9.17) is 5.11 Å². The fourth-order valence-corrected chi connectivity index (χ4v) is 3.20. The first kappa shape index (κ1) is 17.5. The van der Waals surface area contributed by atoms with Crippen LogP contribution in [0, 0.1) is 0 Å². The molecule has 0 amide bonds. The zero-order valence-corrected chi connectivity index (χ0v) is 14.6. The van der Waals surface area contributed by atoms with E-state index in [2.05, 4.69) is 46.4 Å². The van der Waals surface area contributed by atoms with Gasteiger partial charge >= 0.3 is 0 Å². The van der Waals surface area contributed by atoms with Crippen LogP contribution in [0.4, 0.5) is 5.69 Å². The van der Waals surface area contributed by atoms with Crippen molar-refractivity contribution in [2.24, 2.45) is 0 Å². The van der Waals surface area contributed by atoms with Crippen LogP contribution in [-0.4, -0.2) is 39.0 Å². The van der Waals surface area contributed by atoms with Gasteiger partial charge in [-0.1, -0.05) is 13.8 Å². The minimum Gasteiger partial charge on any atom is -0.394 e. The Hall–Kier alpha value is -0.530. The molecule has 114 valence electrons. The third-order valence-corrected chi connectivity index (χ3v) is 5.97. The molecule has 1 rings (SSSR count). The molecule has 2 N–H and O–H groups in total. The summed E-state index contributed by atoms with van der Waals surface area (Å²) in [6, 6.07) is 0. The average molecular weight is 364 g/mol. The van der Waals surface area contributed by atoms with Crippen LogP contribution in [0.15, 0.2) is 15.5 Å². The highest BCUT2D eigenvalue weighted by Gasteiger charge is 2.25. The third kappa shape index (κ3) is 3.99. The lowest BCUT2D eigenvalue weighted by Crippen LogP contribution is -2.33. The lowest BCUT2D eigenvalue weighted by Gasteiger charge is -2.30. The van der Waals surface area contributed by atoms with E-state index in [1.165, 1.54) is 4.68 Å². The molecule has 0 bridgehead atoms. The van der Waals surface area contributed by atoms with Crippen LogP contribution in [-0.2, 0) is 6.54 Å². The Morgan fingerprint density at radius 1 is 1.50 bits per heavy atom. The molecule has 0 aliphatic rings. The predicted molar refractivity (Wildman–Crippen MR) is 88.6 cm³/mol. The second-order valence-electron chi connectivity index (χ2n) is 4.57. The fourth-order valence-electron chi connectivity index (χ4n) is 1.96. The van der Waals surface area contributed by atoms with Crippen molar-refractivity contribution in [3.8, 4) is 0 Å². The van der Waals surface area contributed by atoms with E-state index in [1.54, 1.807) is 6.20 Å². The number of aliphatic hydroxyl groups excluding tert-OH is 1. The minimum absolute atomic E-state index is 0.104. The molecule has 1 aromatic heterocycles. The summed E-state index contributed by atoms with van der Waals surface area (Å²) in [7, 11) is 0. The summed E-state index contributed by atoms with van der Waals surface area (Å²) in [5.41, 5.74) is 0.469. The smallest absolute Gasteiger partial charge is 0.283 e. The Kier molecular flexibility index (Phi) is 7.05. The Labute approximate surface area is 132 Å². The largest absolute Gasteiger partial charge is 0.394 e. The van der Waals surface area contributed by atoms with E-state index in [9.17, 15) is 4.79 Å². The second-order valence-corrected chi connectivity index (χ2v) is 6.64. The summed E-state index contributed by atoms with van der Waals surface area (Å²) in [6.45, 7) is 5.23. The molecule has 0 saturated carbocycles. The first-order chi connectivity index (χ1) is 9.53. The molecule has 0 aliphatic carbocycles. The van der Waals surface area contributed by atoms with Crippen molar-refractivity contribution in [3.05, 3.63) is 21.0 Å². The van der Waals surface area contributed by atoms with Crippen molar-refractivity contribution in [1.29, 1.82) is 0 Å². The SMILES string of the molecule is CCC(CC)(CNc1cnn(CCO)c(=O)c1Br)SC. The van der Waals surface area contributed by atoms with E-state index in [1.807, 2.05) is 11.8 Å². The van der Waals surface area contributed by atoms with Crippen molar-refractivity contribution in [2.45, 2.75) is 38.0 Å². The van der Waals surface area contributed by atoms with Gasteiger partial charge in [0.15, 0.2) is 0 Å². The predicted octanol–water partition coefficient (Wildman–Crippen LogP) is 2.33. The van der Waals surface area contributed by atoms with Gasteiger partial charge in [0.25, 0.3) is 5.56 Å². The van der Waals surface area contributed by atoms with Gasteiger partial charge in [-0.15, -0.1) is 0 Å². The average Bonchev–Trinajstić information content (AvgIpc) is 2.48. The first-order valence-corrected chi connectivity index (χ1v) is 8.70.